The minimum Gasteiger partial charge on any atom is -0.347 e. The van der Waals surface area contributed by atoms with Crippen molar-refractivity contribution in [3.8, 4) is 11.5 Å². The van der Waals surface area contributed by atoms with E-state index in [2.05, 4.69) is 25.8 Å². The minimum absolute atomic E-state index is 0.0197. The molecule has 1 aliphatic heterocycles. The number of hydrogen-bond donors (Lipinski definition) is 2. The van der Waals surface area contributed by atoms with Crippen LogP contribution in [-0.2, 0) is 0 Å². The highest BCUT2D eigenvalue weighted by atomic mass is 19.4. The Morgan fingerprint density at radius 2 is 1.84 bits per heavy atom. The van der Waals surface area contributed by atoms with Crippen LogP contribution >= 0.6 is 0 Å². The van der Waals surface area contributed by atoms with Crippen molar-refractivity contribution in [3.05, 3.63) is 59.8 Å². The van der Waals surface area contributed by atoms with E-state index in [9.17, 15) is 18.0 Å². The summed E-state index contributed by atoms with van der Waals surface area (Å²) in [6.45, 7) is 6.36. The summed E-state index contributed by atoms with van der Waals surface area (Å²) >= 11 is 0. The van der Waals surface area contributed by atoms with E-state index in [1.54, 1.807) is 35.7 Å². The Morgan fingerprint density at radius 3 is 2.53 bits per heavy atom. The molecule has 1 fully saturated rings. The highest BCUT2D eigenvalue weighted by Gasteiger charge is 2.46. The highest BCUT2D eigenvalue weighted by Crippen LogP contribution is 2.39. The summed E-state index contributed by atoms with van der Waals surface area (Å²) in [5, 5.41) is 15.2. The molecule has 1 aromatic carbocycles. The van der Waals surface area contributed by atoms with Crippen LogP contribution in [0.25, 0.3) is 28.1 Å². The van der Waals surface area contributed by atoms with Crippen LogP contribution < -0.4 is 10.6 Å². The van der Waals surface area contributed by atoms with Gasteiger partial charge in [0.05, 0.1) is 5.52 Å². The van der Waals surface area contributed by atoms with Crippen molar-refractivity contribution in [2.75, 3.05) is 20.1 Å². The molecule has 0 aliphatic carbocycles. The minimum atomic E-state index is -4.45. The molecule has 0 spiro atoms. The van der Waals surface area contributed by atoms with Gasteiger partial charge in [-0.15, -0.1) is 10.2 Å². The SMILES string of the molecule is CNC1CCN(C(c2ccc3nnc(-c4ccc5ccc(C(=O)NC(C)(C)C)cc5n4)n3c2)C(F)(F)F)C1. The third-order valence-electron chi connectivity index (χ3n) is 6.72. The summed E-state index contributed by atoms with van der Waals surface area (Å²) in [7, 11) is 1.77. The first-order chi connectivity index (χ1) is 17.9. The molecule has 11 heteroatoms. The van der Waals surface area contributed by atoms with Gasteiger partial charge in [-0.3, -0.25) is 14.1 Å². The molecule has 2 N–H and O–H groups in total. The van der Waals surface area contributed by atoms with Gasteiger partial charge < -0.3 is 10.6 Å². The van der Waals surface area contributed by atoms with Crippen LogP contribution in [0.5, 0.6) is 0 Å². The first kappa shape index (κ1) is 26.1. The van der Waals surface area contributed by atoms with Gasteiger partial charge in [0.1, 0.15) is 11.7 Å². The normalized spacial score (nSPS) is 17.8. The van der Waals surface area contributed by atoms with Crippen molar-refractivity contribution >= 4 is 22.5 Å². The number of carbonyl (C=O) groups excluding carboxylic acids is 1. The lowest BCUT2D eigenvalue weighted by molar-refractivity contribution is -0.184. The van der Waals surface area contributed by atoms with Crippen molar-refractivity contribution < 1.29 is 18.0 Å². The molecule has 4 aromatic rings. The summed E-state index contributed by atoms with van der Waals surface area (Å²) in [6, 6.07) is 10.1. The van der Waals surface area contributed by atoms with Crippen LogP contribution in [0.3, 0.4) is 0 Å². The topological polar surface area (TPSA) is 87.4 Å². The second kappa shape index (κ2) is 9.63. The number of likely N-dealkylation sites (tertiary alicyclic amines) is 1. The van der Waals surface area contributed by atoms with Gasteiger partial charge >= 0.3 is 6.18 Å². The average Bonchev–Trinajstić information content (AvgIpc) is 3.48. The molecule has 8 nitrogen and oxygen atoms in total. The highest BCUT2D eigenvalue weighted by molar-refractivity contribution is 5.98. The molecule has 4 heterocycles. The van der Waals surface area contributed by atoms with Crippen molar-refractivity contribution in [2.45, 2.75) is 51.0 Å². The summed E-state index contributed by atoms with van der Waals surface area (Å²) in [4.78, 5) is 18.8. The smallest absolute Gasteiger partial charge is 0.347 e. The fourth-order valence-corrected chi connectivity index (χ4v) is 4.90. The van der Waals surface area contributed by atoms with Crippen LogP contribution in [-0.4, -0.2) is 68.3 Å². The monoisotopic (exact) mass is 525 g/mol. The van der Waals surface area contributed by atoms with E-state index in [1.165, 1.54) is 17.2 Å². The number of hydrogen-bond acceptors (Lipinski definition) is 6. The first-order valence-electron chi connectivity index (χ1n) is 12.5. The predicted molar refractivity (Wildman–Crippen MR) is 139 cm³/mol. The quantitative estimate of drug-likeness (QED) is 0.403. The molecule has 38 heavy (non-hydrogen) atoms. The van der Waals surface area contributed by atoms with E-state index in [1.807, 2.05) is 32.9 Å². The Bertz CT molecular complexity index is 1490. The molecule has 0 bridgehead atoms. The van der Waals surface area contributed by atoms with Crippen LogP contribution in [0, 0.1) is 0 Å². The molecular weight excluding hydrogens is 495 g/mol. The number of alkyl halides is 3. The van der Waals surface area contributed by atoms with E-state index < -0.39 is 17.8 Å². The van der Waals surface area contributed by atoms with E-state index in [-0.39, 0.29) is 17.5 Å². The van der Waals surface area contributed by atoms with E-state index in [4.69, 9.17) is 0 Å². The molecule has 0 radical (unpaired) electrons. The number of nitrogens with zero attached hydrogens (tertiary/aromatic N) is 5. The lowest BCUT2D eigenvalue weighted by Crippen LogP contribution is -2.40. The molecule has 2 atom stereocenters. The number of halogens is 3. The van der Waals surface area contributed by atoms with Gasteiger partial charge in [-0.1, -0.05) is 18.2 Å². The van der Waals surface area contributed by atoms with E-state index in [0.717, 1.165) is 5.39 Å². The second-order valence-electron chi connectivity index (χ2n) is 10.7. The lowest BCUT2D eigenvalue weighted by atomic mass is 10.1. The summed E-state index contributed by atoms with van der Waals surface area (Å²) in [5.74, 6) is 0.105. The van der Waals surface area contributed by atoms with Gasteiger partial charge in [0.15, 0.2) is 11.5 Å². The Hall–Kier alpha value is -3.57. The zero-order chi connectivity index (χ0) is 27.2. The first-order valence-corrected chi connectivity index (χ1v) is 12.5. The van der Waals surface area contributed by atoms with Crippen molar-refractivity contribution in [1.29, 1.82) is 0 Å². The molecule has 2 unspecified atom stereocenters. The standard InChI is InChI=1S/C27H30F3N7O/c1-26(2,3)33-25(38)17-6-5-16-7-9-20(32-21(16)13-17)24-35-34-22-10-8-18(14-37(22)24)23(27(28,29)30)36-12-11-19(15-36)31-4/h5-10,13-14,19,23,31H,11-12,15H2,1-4H3,(H,33,38). The molecule has 3 aromatic heterocycles. The van der Waals surface area contributed by atoms with Crippen LogP contribution in [0.4, 0.5) is 13.2 Å². The zero-order valence-electron chi connectivity index (χ0n) is 21.7. The van der Waals surface area contributed by atoms with E-state index in [0.29, 0.717) is 47.8 Å². The Morgan fingerprint density at radius 1 is 1.08 bits per heavy atom. The number of likely N-dealkylation sites (N-methyl/N-ethyl adjacent to an activating group) is 1. The Balaban J connectivity index is 1.53. The molecular formula is C27H30F3N7O. The van der Waals surface area contributed by atoms with Crippen LogP contribution in [0.2, 0.25) is 0 Å². The van der Waals surface area contributed by atoms with Crippen LogP contribution in [0.15, 0.2) is 48.7 Å². The molecule has 200 valence electrons. The Labute approximate surface area is 218 Å². The number of benzene rings is 1. The number of amides is 1. The molecule has 1 amide bonds. The number of rotatable bonds is 5. The van der Waals surface area contributed by atoms with Gasteiger partial charge in [0.25, 0.3) is 5.91 Å². The van der Waals surface area contributed by atoms with Gasteiger partial charge in [0.2, 0.25) is 0 Å². The fraction of sp³-hybridized carbons (Fsp3) is 0.407. The van der Waals surface area contributed by atoms with Gasteiger partial charge in [-0.2, -0.15) is 13.2 Å². The second-order valence-corrected chi connectivity index (χ2v) is 10.7. The molecule has 1 saturated heterocycles. The summed E-state index contributed by atoms with van der Waals surface area (Å²) in [6.07, 6.45) is -2.34. The molecule has 0 saturated carbocycles. The predicted octanol–water partition coefficient (Wildman–Crippen LogP) is 4.37. The fourth-order valence-electron chi connectivity index (χ4n) is 4.90. The number of nitrogens with one attached hydrogen (secondary N) is 2. The van der Waals surface area contributed by atoms with Crippen molar-refractivity contribution in [2.24, 2.45) is 0 Å². The lowest BCUT2D eigenvalue weighted by Gasteiger charge is -2.30. The number of carbonyl (C=O) groups is 1. The van der Waals surface area contributed by atoms with Crippen molar-refractivity contribution in [1.82, 2.24) is 35.1 Å². The molecule has 5 rings (SSSR count). The number of fused-ring (bicyclic) bond motifs is 2. The largest absolute Gasteiger partial charge is 0.408 e. The van der Waals surface area contributed by atoms with Gasteiger partial charge in [-0.05, 0) is 64.1 Å². The van der Waals surface area contributed by atoms with Crippen LogP contribution in [0.1, 0.15) is 49.2 Å². The summed E-state index contributed by atoms with van der Waals surface area (Å²) in [5.41, 5.74) is 1.61. The third kappa shape index (κ3) is 5.21. The zero-order valence-corrected chi connectivity index (χ0v) is 21.7. The maximum Gasteiger partial charge on any atom is 0.408 e. The Kier molecular flexibility index (Phi) is 6.60. The van der Waals surface area contributed by atoms with E-state index >= 15 is 0 Å². The maximum atomic E-state index is 14.3. The maximum absolute atomic E-state index is 14.3. The van der Waals surface area contributed by atoms with Gasteiger partial charge in [0, 0.05) is 41.8 Å². The van der Waals surface area contributed by atoms with Crippen molar-refractivity contribution in [3.63, 3.8) is 0 Å². The average molecular weight is 526 g/mol. The number of pyridine rings is 2. The molecule has 1 aliphatic rings. The number of aromatic nitrogens is 4. The third-order valence-corrected chi connectivity index (χ3v) is 6.72. The van der Waals surface area contributed by atoms with Gasteiger partial charge in [-0.25, -0.2) is 4.98 Å². The summed E-state index contributed by atoms with van der Waals surface area (Å²) < 4.78 is 44.4.